The molecule has 0 fully saturated rings. The summed E-state index contributed by atoms with van der Waals surface area (Å²) in [7, 11) is 0. The van der Waals surface area contributed by atoms with Crippen molar-refractivity contribution in [3.63, 3.8) is 0 Å². The first-order valence-electron chi connectivity index (χ1n) is 6.59. The van der Waals surface area contributed by atoms with Crippen molar-refractivity contribution in [2.45, 2.75) is 5.92 Å². The highest BCUT2D eigenvalue weighted by molar-refractivity contribution is 5.95. The highest BCUT2D eigenvalue weighted by atomic mass is 19.1. The van der Waals surface area contributed by atoms with Crippen LogP contribution in [0.3, 0.4) is 0 Å². The smallest absolute Gasteiger partial charge is 0.340 e. The highest BCUT2D eigenvalue weighted by Gasteiger charge is 2.25. The van der Waals surface area contributed by atoms with Gasteiger partial charge >= 0.3 is 5.97 Å². The van der Waals surface area contributed by atoms with Gasteiger partial charge in [0.05, 0.1) is 18.1 Å². The summed E-state index contributed by atoms with van der Waals surface area (Å²) in [5.74, 6) is -0.217. The maximum Gasteiger partial charge on any atom is 0.340 e. The highest BCUT2D eigenvalue weighted by Crippen LogP contribution is 2.33. The Morgan fingerprint density at radius 3 is 2.95 bits per heavy atom. The van der Waals surface area contributed by atoms with E-state index >= 15 is 0 Å². The lowest BCUT2D eigenvalue weighted by molar-refractivity contribution is 0.0472. The lowest BCUT2D eigenvalue weighted by atomic mass is 10.0. The minimum Gasteiger partial charge on any atom is -0.493 e. The normalized spacial score (nSPS) is 16.1. The molecule has 0 aliphatic carbocycles. The van der Waals surface area contributed by atoms with Crippen molar-refractivity contribution in [1.29, 1.82) is 0 Å². The monoisotopic (exact) mass is 287 g/mol. The maximum atomic E-state index is 13.0. The van der Waals surface area contributed by atoms with Crippen LogP contribution in [-0.2, 0) is 4.74 Å². The predicted octanol–water partition coefficient (Wildman–Crippen LogP) is 2.74. The van der Waals surface area contributed by atoms with E-state index in [-0.39, 0.29) is 23.8 Å². The van der Waals surface area contributed by atoms with E-state index in [1.165, 1.54) is 12.1 Å². The van der Waals surface area contributed by atoms with Crippen molar-refractivity contribution in [3.8, 4) is 5.75 Å². The summed E-state index contributed by atoms with van der Waals surface area (Å²) < 4.78 is 23.8. The van der Waals surface area contributed by atoms with Crippen LogP contribution in [0.4, 0.5) is 10.1 Å². The minimum absolute atomic E-state index is 0.00632. The Hall–Kier alpha value is -2.56. The van der Waals surface area contributed by atoms with Gasteiger partial charge in [0, 0.05) is 11.3 Å². The Balaban J connectivity index is 1.67. The molecule has 1 unspecified atom stereocenters. The molecule has 1 aliphatic heterocycles. The topological polar surface area (TPSA) is 61.6 Å². The fraction of sp³-hybridized carbons (Fsp3) is 0.188. The first-order chi connectivity index (χ1) is 10.1. The molecule has 1 aliphatic rings. The quantitative estimate of drug-likeness (QED) is 0.696. The van der Waals surface area contributed by atoms with Crippen LogP contribution < -0.4 is 10.5 Å². The number of fused-ring (bicyclic) bond motifs is 1. The van der Waals surface area contributed by atoms with E-state index in [1.807, 2.05) is 24.3 Å². The average Bonchev–Trinajstić information content (AvgIpc) is 2.88. The number of ether oxygens (including phenoxy) is 2. The molecule has 1 atom stereocenters. The number of para-hydroxylation sites is 1. The number of carbonyl (C=O) groups is 1. The van der Waals surface area contributed by atoms with Crippen LogP contribution in [0.1, 0.15) is 21.8 Å². The zero-order valence-corrected chi connectivity index (χ0v) is 11.2. The molecule has 21 heavy (non-hydrogen) atoms. The zero-order valence-electron chi connectivity index (χ0n) is 11.2. The zero-order chi connectivity index (χ0) is 14.8. The van der Waals surface area contributed by atoms with E-state index in [0.29, 0.717) is 6.61 Å². The van der Waals surface area contributed by atoms with E-state index in [0.717, 1.165) is 17.4 Å². The van der Waals surface area contributed by atoms with E-state index in [4.69, 9.17) is 15.2 Å². The Morgan fingerprint density at radius 2 is 2.14 bits per heavy atom. The Bertz CT molecular complexity index is 687. The van der Waals surface area contributed by atoms with Crippen LogP contribution in [0, 0.1) is 5.82 Å². The van der Waals surface area contributed by atoms with Gasteiger partial charge in [-0.15, -0.1) is 0 Å². The lowest BCUT2D eigenvalue weighted by Gasteiger charge is -2.11. The molecule has 0 saturated heterocycles. The molecule has 0 radical (unpaired) electrons. The largest absolute Gasteiger partial charge is 0.493 e. The van der Waals surface area contributed by atoms with Crippen molar-refractivity contribution >= 4 is 11.7 Å². The maximum absolute atomic E-state index is 13.0. The second kappa shape index (κ2) is 5.44. The van der Waals surface area contributed by atoms with Crippen LogP contribution in [0.5, 0.6) is 5.75 Å². The van der Waals surface area contributed by atoms with Gasteiger partial charge in [-0.3, -0.25) is 0 Å². The molecule has 3 rings (SSSR count). The molecule has 5 heteroatoms. The molecule has 108 valence electrons. The van der Waals surface area contributed by atoms with Crippen LogP contribution >= 0.6 is 0 Å². The summed E-state index contributed by atoms with van der Waals surface area (Å²) in [6, 6.07) is 11.3. The van der Waals surface area contributed by atoms with Crippen molar-refractivity contribution < 1.29 is 18.7 Å². The van der Waals surface area contributed by atoms with Crippen LogP contribution in [-0.4, -0.2) is 19.2 Å². The van der Waals surface area contributed by atoms with Gasteiger partial charge in [0.15, 0.2) is 0 Å². The standard InChI is InChI=1S/C16H14FNO3/c17-11-5-6-13(14(18)7-11)16(19)21-9-10-8-20-15-4-2-1-3-12(10)15/h1-7,10H,8-9,18H2. The van der Waals surface area contributed by atoms with Crippen LogP contribution in [0.25, 0.3) is 0 Å². The van der Waals surface area contributed by atoms with E-state index in [9.17, 15) is 9.18 Å². The summed E-state index contributed by atoms with van der Waals surface area (Å²) in [5.41, 5.74) is 6.88. The van der Waals surface area contributed by atoms with Gasteiger partial charge in [0.25, 0.3) is 0 Å². The average molecular weight is 287 g/mol. The third-order valence-electron chi connectivity index (χ3n) is 3.45. The van der Waals surface area contributed by atoms with Crippen molar-refractivity contribution in [2.75, 3.05) is 18.9 Å². The molecular formula is C16H14FNO3. The fourth-order valence-corrected chi connectivity index (χ4v) is 2.34. The van der Waals surface area contributed by atoms with Gasteiger partial charge in [0.1, 0.15) is 18.2 Å². The van der Waals surface area contributed by atoms with Crippen molar-refractivity contribution in [3.05, 3.63) is 59.4 Å². The molecule has 0 amide bonds. The number of benzene rings is 2. The number of hydrogen-bond acceptors (Lipinski definition) is 4. The molecular weight excluding hydrogens is 273 g/mol. The van der Waals surface area contributed by atoms with Gasteiger partial charge in [-0.2, -0.15) is 0 Å². The Morgan fingerprint density at radius 1 is 1.33 bits per heavy atom. The number of carbonyl (C=O) groups excluding carboxylic acids is 1. The van der Waals surface area contributed by atoms with Gasteiger partial charge in [0.2, 0.25) is 0 Å². The predicted molar refractivity (Wildman–Crippen MR) is 75.8 cm³/mol. The first-order valence-corrected chi connectivity index (χ1v) is 6.59. The number of nitrogens with two attached hydrogens (primary N) is 1. The number of esters is 1. The number of halogens is 1. The molecule has 2 aromatic carbocycles. The second-order valence-electron chi connectivity index (χ2n) is 4.88. The van der Waals surface area contributed by atoms with Gasteiger partial charge in [-0.1, -0.05) is 18.2 Å². The molecule has 1 heterocycles. The number of anilines is 1. The molecule has 0 spiro atoms. The summed E-state index contributed by atoms with van der Waals surface area (Å²) in [4.78, 5) is 12.0. The number of nitrogen functional groups attached to an aromatic ring is 1. The van der Waals surface area contributed by atoms with Crippen LogP contribution in [0.2, 0.25) is 0 Å². The fourth-order valence-electron chi connectivity index (χ4n) is 2.34. The second-order valence-corrected chi connectivity index (χ2v) is 4.88. The molecule has 0 saturated carbocycles. The van der Waals surface area contributed by atoms with E-state index in [1.54, 1.807) is 0 Å². The van der Waals surface area contributed by atoms with E-state index < -0.39 is 11.8 Å². The summed E-state index contributed by atoms with van der Waals surface area (Å²) in [6.45, 7) is 0.679. The first kappa shape index (κ1) is 13.4. The van der Waals surface area contributed by atoms with Crippen molar-refractivity contribution in [1.82, 2.24) is 0 Å². The molecule has 4 nitrogen and oxygen atoms in total. The lowest BCUT2D eigenvalue weighted by Crippen LogP contribution is -2.15. The van der Waals surface area contributed by atoms with Crippen LogP contribution in [0.15, 0.2) is 42.5 Å². The molecule has 2 N–H and O–H groups in total. The molecule has 2 aromatic rings. The van der Waals surface area contributed by atoms with Gasteiger partial charge < -0.3 is 15.2 Å². The summed E-state index contributed by atoms with van der Waals surface area (Å²) in [5, 5.41) is 0. The van der Waals surface area contributed by atoms with Crippen molar-refractivity contribution in [2.24, 2.45) is 0 Å². The SMILES string of the molecule is Nc1cc(F)ccc1C(=O)OCC1COc2ccccc21. The molecule has 0 bridgehead atoms. The van der Waals surface area contributed by atoms with Gasteiger partial charge in [-0.05, 0) is 24.3 Å². The Kier molecular flexibility index (Phi) is 3.48. The third-order valence-corrected chi connectivity index (χ3v) is 3.45. The minimum atomic E-state index is -0.558. The number of hydrogen-bond donors (Lipinski definition) is 1. The van der Waals surface area contributed by atoms with E-state index in [2.05, 4.69) is 0 Å². The van der Waals surface area contributed by atoms with Gasteiger partial charge in [-0.25, -0.2) is 9.18 Å². The number of rotatable bonds is 3. The Labute approximate surface area is 121 Å². The summed E-state index contributed by atoms with van der Waals surface area (Å²) >= 11 is 0. The third kappa shape index (κ3) is 2.67. The molecule has 0 aromatic heterocycles. The summed E-state index contributed by atoms with van der Waals surface area (Å²) in [6.07, 6.45) is 0.